The third kappa shape index (κ3) is 1.92. The molecular weight excluding hydrogens is 305 g/mol. The summed E-state index contributed by atoms with van der Waals surface area (Å²) in [4.78, 5) is 17.6. The van der Waals surface area contributed by atoms with Crippen LogP contribution >= 0.6 is 22.6 Å². The molecule has 0 saturated carbocycles. The Morgan fingerprint density at radius 2 is 2.27 bits per heavy atom. The van der Waals surface area contributed by atoms with Crippen molar-refractivity contribution in [2.24, 2.45) is 0 Å². The third-order valence-corrected chi connectivity index (χ3v) is 3.06. The minimum Gasteiger partial charge on any atom is -0.335 e. The van der Waals surface area contributed by atoms with Gasteiger partial charge in [0.05, 0.1) is 5.54 Å². The molecule has 1 aromatic rings. The van der Waals surface area contributed by atoms with Crippen molar-refractivity contribution in [2.45, 2.75) is 19.4 Å². The molecule has 0 radical (unpaired) electrons. The molecule has 15 heavy (non-hydrogen) atoms. The number of aromatic nitrogens is 1. The van der Waals surface area contributed by atoms with E-state index in [0.29, 0.717) is 12.4 Å². The molecular formula is C10H12IN3O. The number of halogens is 1. The zero-order valence-corrected chi connectivity index (χ0v) is 10.8. The summed E-state index contributed by atoms with van der Waals surface area (Å²) in [6.07, 6.45) is 1.76. The van der Waals surface area contributed by atoms with E-state index in [9.17, 15) is 4.79 Å². The summed E-state index contributed by atoms with van der Waals surface area (Å²) in [5.74, 6) is 0.704. The van der Waals surface area contributed by atoms with Crippen LogP contribution < -0.4 is 10.2 Å². The lowest BCUT2D eigenvalue weighted by atomic mass is 10.1. The number of nitrogens with one attached hydrogen (secondary N) is 1. The maximum absolute atomic E-state index is 11.6. The Balaban J connectivity index is 2.37. The predicted molar refractivity (Wildman–Crippen MR) is 66.9 cm³/mol. The molecule has 1 aromatic heterocycles. The fraction of sp³-hybridized carbons (Fsp3) is 0.400. The normalized spacial score (nSPS) is 19.1. The van der Waals surface area contributed by atoms with E-state index in [2.05, 4.69) is 32.9 Å². The zero-order chi connectivity index (χ0) is 11.1. The second-order valence-electron chi connectivity index (χ2n) is 4.14. The number of hydrogen-bond acceptors (Lipinski definition) is 2. The van der Waals surface area contributed by atoms with Crippen molar-refractivity contribution in [1.82, 2.24) is 10.3 Å². The number of urea groups is 1. The quantitative estimate of drug-likeness (QED) is 0.805. The molecule has 0 atom stereocenters. The van der Waals surface area contributed by atoms with E-state index in [1.54, 1.807) is 11.1 Å². The smallest absolute Gasteiger partial charge is 0.323 e. The lowest BCUT2D eigenvalue weighted by Gasteiger charge is -2.28. The lowest BCUT2D eigenvalue weighted by Crippen LogP contribution is -2.42. The molecule has 1 aliphatic heterocycles. The molecule has 5 heteroatoms. The highest BCUT2D eigenvalue weighted by Gasteiger charge is 2.39. The first-order valence-corrected chi connectivity index (χ1v) is 5.78. The van der Waals surface area contributed by atoms with Gasteiger partial charge >= 0.3 is 6.03 Å². The van der Waals surface area contributed by atoms with Crippen molar-refractivity contribution in [3.8, 4) is 0 Å². The molecule has 0 bridgehead atoms. The summed E-state index contributed by atoms with van der Waals surface area (Å²) < 4.78 is 1.06. The molecule has 1 fully saturated rings. The van der Waals surface area contributed by atoms with E-state index >= 15 is 0 Å². The summed E-state index contributed by atoms with van der Waals surface area (Å²) in [5.41, 5.74) is -0.211. The first kappa shape index (κ1) is 10.7. The van der Waals surface area contributed by atoms with E-state index in [-0.39, 0.29) is 11.6 Å². The van der Waals surface area contributed by atoms with Gasteiger partial charge in [0.25, 0.3) is 0 Å². The molecule has 2 amide bonds. The Labute approximate surface area is 102 Å². The largest absolute Gasteiger partial charge is 0.335 e. The molecule has 0 spiro atoms. The van der Waals surface area contributed by atoms with Gasteiger partial charge < -0.3 is 5.32 Å². The SMILES string of the molecule is CC1(C)CNC(=O)N1c1ccc(I)cn1. The van der Waals surface area contributed by atoms with Crippen LogP contribution in [0, 0.1) is 3.57 Å². The second-order valence-corrected chi connectivity index (χ2v) is 5.39. The minimum absolute atomic E-state index is 0.0753. The van der Waals surface area contributed by atoms with Gasteiger partial charge in [0, 0.05) is 16.3 Å². The molecule has 2 heterocycles. The fourth-order valence-electron chi connectivity index (χ4n) is 1.64. The summed E-state index contributed by atoms with van der Waals surface area (Å²) in [6, 6.07) is 3.74. The average molecular weight is 317 g/mol. The fourth-order valence-corrected chi connectivity index (χ4v) is 1.96. The summed E-state index contributed by atoms with van der Waals surface area (Å²) in [5, 5.41) is 2.82. The monoisotopic (exact) mass is 317 g/mol. The van der Waals surface area contributed by atoms with Crippen molar-refractivity contribution in [1.29, 1.82) is 0 Å². The summed E-state index contributed by atoms with van der Waals surface area (Å²) in [6.45, 7) is 4.69. The van der Waals surface area contributed by atoms with Crippen LogP contribution in [0.1, 0.15) is 13.8 Å². The first-order valence-electron chi connectivity index (χ1n) is 4.70. The van der Waals surface area contributed by atoms with E-state index in [1.807, 2.05) is 26.0 Å². The van der Waals surface area contributed by atoms with Crippen molar-refractivity contribution in [2.75, 3.05) is 11.4 Å². The lowest BCUT2D eigenvalue weighted by molar-refractivity contribution is 0.251. The number of pyridine rings is 1. The van der Waals surface area contributed by atoms with Gasteiger partial charge in [-0.3, -0.25) is 4.90 Å². The van der Waals surface area contributed by atoms with Gasteiger partial charge in [-0.2, -0.15) is 0 Å². The third-order valence-electron chi connectivity index (χ3n) is 2.42. The number of carbonyl (C=O) groups excluding carboxylic acids is 1. The molecule has 0 unspecified atom stereocenters. The van der Waals surface area contributed by atoms with E-state index in [4.69, 9.17) is 0 Å². The second kappa shape index (κ2) is 3.62. The molecule has 1 saturated heterocycles. The molecule has 4 nitrogen and oxygen atoms in total. The molecule has 1 N–H and O–H groups in total. The highest BCUT2D eigenvalue weighted by molar-refractivity contribution is 14.1. The number of nitrogens with zero attached hydrogens (tertiary/aromatic N) is 2. The number of rotatable bonds is 1. The van der Waals surface area contributed by atoms with Crippen LogP contribution in [0.25, 0.3) is 0 Å². The molecule has 2 rings (SSSR count). The van der Waals surface area contributed by atoms with Crippen molar-refractivity contribution in [3.05, 3.63) is 21.9 Å². The topological polar surface area (TPSA) is 45.2 Å². The average Bonchev–Trinajstić information content (AvgIpc) is 2.43. The highest BCUT2D eigenvalue weighted by Crippen LogP contribution is 2.25. The standard InChI is InChI=1S/C10H12IN3O/c1-10(2)6-13-9(15)14(10)8-4-3-7(11)5-12-8/h3-5H,6H2,1-2H3,(H,13,15). The van der Waals surface area contributed by atoms with Crippen LogP contribution in [0.3, 0.4) is 0 Å². The van der Waals surface area contributed by atoms with E-state index in [1.165, 1.54) is 0 Å². The van der Waals surface area contributed by atoms with Gasteiger partial charge in [-0.05, 0) is 48.6 Å². The molecule has 0 aromatic carbocycles. The van der Waals surface area contributed by atoms with E-state index < -0.39 is 0 Å². The van der Waals surface area contributed by atoms with Crippen LogP contribution in [0.5, 0.6) is 0 Å². The molecule has 80 valence electrons. The Morgan fingerprint density at radius 3 is 2.73 bits per heavy atom. The van der Waals surface area contributed by atoms with Crippen molar-refractivity contribution >= 4 is 34.4 Å². The van der Waals surface area contributed by atoms with Crippen molar-refractivity contribution < 1.29 is 4.79 Å². The van der Waals surface area contributed by atoms with Crippen molar-refractivity contribution in [3.63, 3.8) is 0 Å². The minimum atomic E-state index is -0.211. The molecule has 0 aliphatic carbocycles. The molecule has 1 aliphatic rings. The van der Waals surface area contributed by atoms with Crippen LogP contribution in [0.2, 0.25) is 0 Å². The zero-order valence-electron chi connectivity index (χ0n) is 8.62. The van der Waals surface area contributed by atoms with Gasteiger partial charge in [0.15, 0.2) is 0 Å². The maximum Gasteiger partial charge on any atom is 0.323 e. The van der Waals surface area contributed by atoms with Crippen LogP contribution in [0.4, 0.5) is 10.6 Å². The van der Waals surface area contributed by atoms with Crippen LogP contribution in [-0.4, -0.2) is 23.1 Å². The van der Waals surface area contributed by atoms with Crippen LogP contribution in [0.15, 0.2) is 18.3 Å². The van der Waals surface area contributed by atoms with Gasteiger partial charge in [-0.15, -0.1) is 0 Å². The first-order chi connectivity index (χ1) is 7.00. The van der Waals surface area contributed by atoms with E-state index in [0.717, 1.165) is 3.57 Å². The van der Waals surface area contributed by atoms with Gasteiger partial charge in [0.1, 0.15) is 5.82 Å². The maximum atomic E-state index is 11.6. The Hall–Kier alpha value is -0.850. The number of amides is 2. The summed E-state index contributed by atoms with van der Waals surface area (Å²) in [7, 11) is 0. The van der Waals surface area contributed by atoms with Gasteiger partial charge in [0.2, 0.25) is 0 Å². The number of carbonyl (C=O) groups is 1. The Bertz CT molecular complexity index is 388. The van der Waals surface area contributed by atoms with Gasteiger partial charge in [-0.1, -0.05) is 0 Å². The van der Waals surface area contributed by atoms with Gasteiger partial charge in [-0.25, -0.2) is 9.78 Å². The number of hydrogen-bond donors (Lipinski definition) is 1. The highest BCUT2D eigenvalue weighted by atomic mass is 127. The summed E-state index contributed by atoms with van der Waals surface area (Å²) >= 11 is 2.19. The Morgan fingerprint density at radius 1 is 1.53 bits per heavy atom. The predicted octanol–water partition coefficient (Wildman–Crippen LogP) is 1.99. The van der Waals surface area contributed by atoms with Crippen LogP contribution in [-0.2, 0) is 0 Å². The Kier molecular flexibility index (Phi) is 2.57. The number of anilines is 1.